The smallest absolute Gasteiger partial charge is 0.308 e. The number of hydrogen-bond acceptors (Lipinski definition) is 9. The Morgan fingerprint density at radius 3 is 2.51 bits per heavy atom. The molecule has 2 aliphatic heterocycles. The third-order valence-electron chi connectivity index (χ3n) is 10.1. The van der Waals surface area contributed by atoms with Crippen molar-refractivity contribution in [1.29, 1.82) is 0 Å². The first-order valence-electron chi connectivity index (χ1n) is 19.5. The molecule has 1 aromatic heterocycles. The van der Waals surface area contributed by atoms with Gasteiger partial charge in [0.25, 0.3) is 0 Å². The fourth-order valence-corrected chi connectivity index (χ4v) is 8.75. The summed E-state index contributed by atoms with van der Waals surface area (Å²) in [7, 11) is -3.80. The first kappa shape index (κ1) is 41.1. The molecule has 0 bridgehead atoms. The van der Waals surface area contributed by atoms with Crippen LogP contribution < -0.4 is 4.72 Å². The molecule has 2 atom stereocenters. The van der Waals surface area contributed by atoms with Crippen molar-refractivity contribution >= 4 is 22.1 Å². The summed E-state index contributed by atoms with van der Waals surface area (Å²) >= 11 is 0. The van der Waals surface area contributed by atoms with Gasteiger partial charge in [-0.3, -0.25) is 14.7 Å². The van der Waals surface area contributed by atoms with E-state index >= 15 is 0 Å². The summed E-state index contributed by atoms with van der Waals surface area (Å²) < 4.78 is 68.0. The Morgan fingerprint density at radius 1 is 1.09 bits per heavy atom. The fraction of sp³-hybridized carbons (Fsp3) is 0.535. The van der Waals surface area contributed by atoms with Crippen LogP contribution in [0.2, 0.25) is 0 Å². The molecule has 3 aromatic rings. The Balaban J connectivity index is 1.39. The maximum Gasteiger partial charge on any atom is 0.308 e. The normalized spacial score (nSPS) is 20.6. The second-order valence-electron chi connectivity index (χ2n) is 16.5. The second-order valence-corrected chi connectivity index (χ2v) is 18.2. The summed E-state index contributed by atoms with van der Waals surface area (Å²) in [4.78, 5) is 20.5. The number of aryl methyl sites for hydroxylation is 1. The number of rotatable bonds is 11. The number of pyridine rings is 1. The first-order valence-corrected chi connectivity index (χ1v) is 21.0. The van der Waals surface area contributed by atoms with Crippen LogP contribution >= 0.6 is 0 Å². The molecular weight excluding hydrogens is 722 g/mol. The Bertz CT molecular complexity index is 1980. The van der Waals surface area contributed by atoms with Gasteiger partial charge in [-0.2, -0.15) is 0 Å². The number of esters is 1. The molecule has 1 N–H and O–H groups in total. The SMILES string of the molecule is CC(C)c1nc2c(c(-c3ccc(F)cc3)c1/C=C/[C@@H]1C[C@H](CC(=O)OC(C)(C)C)OC(C)(C)O1)CCCc1ccc(S(=O)(=O)NCCN3CCOCC3)cc1-2. The molecule has 2 saturated heterocycles. The first-order chi connectivity index (χ1) is 26.0. The minimum Gasteiger partial charge on any atom is -0.460 e. The molecule has 10 nitrogen and oxygen atoms in total. The number of ether oxygens (including phenoxy) is 4. The van der Waals surface area contributed by atoms with Crippen LogP contribution in [0.1, 0.15) is 96.0 Å². The maximum atomic E-state index is 14.4. The third kappa shape index (κ3) is 10.5. The molecule has 0 amide bonds. The van der Waals surface area contributed by atoms with E-state index in [0.29, 0.717) is 39.1 Å². The lowest BCUT2D eigenvalue weighted by Gasteiger charge is -2.40. The van der Waals surface area contributed by atoms with Gasteiger partial charge in [-0.1, -0.05) is 44.2 Å². The highest BCUT2D eigenvalue weighted by Crippen LogP contribution is 2.43. The van der Waals surface area contributed by atoms with Crippen LogP contribution in [-0.4, -0.2) is 87.3 Å². The Labute approximate surface area is 325 Å². The molecular formula is C43H56FN3O7S. The van der Waals surface area contributed by atoms with Crippen LogP contribution in [0.15, 0.2) is 53.4 Å². The number of hydrogen-bond donors (Lipinski definition) is 1. The quantitative estimate of drug-likeness (QED) is 0.199. The molecule has 0 saturated carbocycles. The van der Waals surface area contributed by atoms with E-state index in [9.17, 15) is 17.6 Å². The zero-order chi connectivity index (χ0) is 39.5. The number of sulfonamides is 1. The highest BCUT2D eigenvalue weighted by Gasteiger charge is 2.36. The number of fused-ring (bicyclic) bond motifs is 3. The molecule has 0 unspecified atom stereocenters. The van der Waals surface area contributed by atoms with E-state index in [1.54, 1.807) is 24.3 Å². The van der Waals surface area contributed by atoms with Gasteiger partial charge in [0.15, 0.2) is 5.79 Å². The summed E-state index contributed by atoms with van der Waals surface area (Å²) in [5, 5.41) is 0. The van der Waals surface area contributed by atoms with Crippen molar-refractivity contribution in [3.8, 4) is 22.4 Å². The van der Waals surface area contributed by atoms with Crippen molar-refractivity contribution in [1.82, 2.24) is 14.6 Å². The van der Waals surface area contributed by atoms with Crippen LogP contribution in [0.25, 0.3) is 28.5 Å². The molecule has 298 valence electrons. The molecule has 0 radical (unpaired) electrons. The summed E-state index contributed by atoms with van der Waals surface area (Å²) in [6.45, 7) is 17.2. The molecule has 6 rings (SSSR count). The Kier molecular flexibility index (Phi) is 12.6. The highest BCUT2D eigenvalue weighted by molar-refractivity contribution is 7.89. The van der Waals surface area contributed by atoms with Gasteiger partial charge in [0.2, 0.25) is 10.0 Å². The van der Waals surface area contributed by atoms with Gasteiger partial charge in [-0.15, -0.1) is 0 Å². The molecule has 3 aliphatic rings. The second kappa shape index (κ2) is 16.9. The van der Waals surface area contributed by atoms with Gasteiger partial charge >= 0.3 is 5.97 Å². The van der Waals surface area contributed by atoms with Crippen LogP contribution in [0, 0.1) is 5.82 Å². The van der Waals surface area contributed by atoms with E-state index in [2.05, 4.69) is 23.5 Å². The van der Waals surface area contributed by atoms with Crippen molar-refractivity contribution < 1.29 is 36.6 Å². The lowest BCUT2D eigenvalue weighted by Crippen LogP contribution is -2.45. The average molecular weight is 778 g/mol. The highest BCUT2D eigenvalue weighted by atomic mass is 32.2. The molecule has 0 spiro atoms. The lowest BCUT2D eigenvalue weighted by atomic mass is 9.86. The Morgan fingerprint density at radius 2 is 1.82 bits per heavy atom. The minimum absolute atomic E-state index is 0.0170. The number of carbonyl (C=O) groups is 1. The number of carbonyl (C=O) groups excluding carboxylic acids is 1. The van der Waals surface area contributed by atoms with Crippen LogP contribution in [0.5, 0.6) is 0 Å². The summed E-state index contributed by atoms with van der Waals surface area (Å²) in [6, 6.07) is 11.9. The molecule has 2 fully saturated rings. The number of morpholine rings is 1. The molecule has 2 aromatic carbocycles. The number of halogens is 1. The summed E-state index contributed by atoms with van der Waals surface area (Å²) in [5.74, 6) is -1.61. The van der Waals surface area contributed by atoms with E-state index in [-0.39, 0.29) is 35.1 Å². The molecule has 12 heteroatoms. The van der Waals surface area contributed by atoms with Gasteiger partial charge in [-0.05, 0) is 106 Å². The van der Waals surface area contributed by atoms with Crippen LogP contribution in [-0.2, 0) is 46.6 Å². The predicted octanol–water partition coefficient (Wildman–Crippen LogP) is 7.43. The summed E-state index contributed by atoms with van der Waals surface area (Å²) in [6.07, 6.45) is 6.10. The van der Waals surface area contributed by atoms with E-state index in [4.69, 9.17) is 23.9 Å². The molecule has 1 aliphatic carbocycles. The lowest BCUT2D eigenvalue weighted by molar-refractivity contribution is -0.290. The predicted molar refractivity (Wildman–Crippen MR) is 212 cm³/mol. The topological polar surface area (TPSA) is 116 Å². The van der Waals surface area contributed by atoms with E-state index in [0.717, 1.165) is 70.7 Å². The fourth-order valence-electron chi connectivity index (χ4n) is 7.71. The molecule has 3 heterocycles. The number of aromatic nitrogens is 1. The standard InChI is InChI=1S/C43H56FN3O7S/c1-28(2)40-36(18-16-32-25-33(53-43(6,7)52-32)26-38(48)54-42(3,4)5)39(30-11-14-31(44)15-12-30)35-10-8-9-29-13-17-34(27-37(29)41(35)46-40)55(49,50)45-19-20-47-21-23-51-24-22-47/h11-18,27-28,32-33,45H,8-10,19-26H2,1-7H3/b18-16+/t32-,33-/m1/s1. The van der Waals surface area contributed by atoms with Gasteiger partial charge in [-0.25, -0.2) is 17.5 Å². The van der Waals surface area contributed by atoms with Crippen LogP contribution in [0.3, 0.4) is 0 Å². The molecule has 55 heavy (non-hydrogen) atoms. The van der Waals surface area contributed by atoms with E-state index in [1.807, 2.05) is 52.8 Å². The average Bonchev–Trinajstić information content (AvgIpc) is 3.28. The van der Waals surface area contributed by atoms with Gasteiger partial charge in [0.05, 0.1) is 48.1 Å². The minimum atomic E-state index is -3.80. The zero-order valence-electron chi connectivity index (χ0n) is 33.2. The summed E-state index contributed by atoms with van der Waals surface area (Å²) in [5.41, 5.74) is 6.47. The number of nitrogens with one attached hydrogen (secondary N) is 1. The monoisotopic (exact) mass is 777 g/mol. The third-order valence-corrected chi connectivity index (χ3v) is 11.5. The number of nitrogens with zero attached hydrogens (tertiary/aromatic N) is 2. The van der Waals surface area contributed by atoms with Crippen molar-refractivity contribution in [2.45, 2.75) is 115 Å². The van der Waals surface area contributed by atoms with E-state index in [1.165, 1.54) is 12.1 Å². The van der Waals surface area contributed by atoms with Crippen molar-refractivity contribution in [2.24, 2.45) is 0 Å². The van der Waals surface area contributed by atoms with Gasteiger partial charge in [0.1, 0.15) is 11.4 Å². The van der Waals surface area contributed by atoms with Crippen molar-refractivity contribution in [3.05, 3.63) is 76.7 Å². The zero-order valence-corrected chi connectivity index (χ0v) is 34.1. The number of benzene rings is 2. The van der Waals surface area contributed by atoms with E-state index < -0.39 is 27.5 Å². The van der Waals surface area contributed by atoms with Gasteiger partial charge in [0, 0.05) is 43.7 Å². The van der Waals surface area contributed by atoms with Crippen molar-refractivity contribution in [2.75, 3.05) is 39.4 Å². The maximum absolute atomic E-state index is 14.4. The largest absolute Gasteiger partial charge is 0.460 e. The van der Waals surface area contributed by atoms with Crippen molar-refractivity contribution in [3.63, 3.8) is 0 Å². The van der Waals surface area contributed by atoms with Crippen LogP contribution in [0.4, 0.5) is 4.39 Å². The Hall–Kier alpha value is -3.52. The van der Waals surface area contributed by atoms with Gasteiger partial charge < -0.3 is 18.9 Å².